The van der Waals surface area contributed by atoms with Crippen LogP contribution < -0.4 is 10.6 Å². The van der Waals surface area contributed by atoms with Crippen molar-refractivity contribution in [2.24, 2.45) is 5.92 Å². The molecule has 3 atom stereocenters. The van der Waals surface area contributed by atoms with Crippen LogP contribution in [0.25, 0.3) is 0 Å². The van der Waals surface area contributed by atoms with Crippen molar-refractivity contribution in [2.45, 2.75) is 25.3 Å². The van der Waals surface area contributed by atoms with E-state index in [0.717, 1.165) is 26.1 Å². The maximum absolute atomic E-state index is 6.24. The largest absolute Gasteiger partial charge is 0.316 e. The lowest BCUT2D eigenvalue weighted by Gasteiger charge is -2.29. The first-order valence-corrected chi connectivity index (χ1v) is 9.37. The molecule has 1 heterocycles. The van der Waals surface area contributed by atoms with Crippen molar-refractivity contribution < 1.29 is 0 Å². The van der Waals surface area contributed by atoms with Gasteiger partial charge < -0.3 is 10.6 Å². The summed E-state index contributed by atoms with van der Waals surface area (Å²) in [5, 5.41) is 8.53. The fraction of sp³-hybridized carbons (Fsp3) is 0.400. The Balaban J connectivity index is 1.81. The van der Waals surface area contributed by atoms with Crippen molar-refractivity contribution >= 4 is 23.2 Å². The maximum atomic E-state index is 6.24. The highest BCUT2D eigenvalue weighted by Crippen LogP contribution is 2.34. The highest BCUT2D eigenvalue weighted by Gasteiger charge is 2.34. The Labute approximate surface area is 154 Å². The Kier molecular flexibility index (Phi) is 6.18. The minimum atomic E-state index is 0.437. The molecular formula is C20H24Cl2N2. The van der Waals surface area contributed by atoms with Gasteiger partial charge in [0.2, 0.25) is 0 Å². The summed E-state index contributed by atoms with van der Waals surface area (Å²) in [5.41, 5.74) is 2.65. The van der Waals surface area contributed by atoms with Crippen LogP contribution in [-0.2, 0) is 6.42 Å². The van der Waals surface area contributed by atoms with Gasteiger partial charge in [-0.15, -0.1) is 0 Å². The van der Waals surface area contributed by atoms with Crippen LogP contribution in [0.4, 0.5) is 0 Å². The lowest BCUT2D eigenvalue weighted by molar-refractivity contribution is 0.352. The predicted molar refractivity (Wildman–Crippen MR) is 103 cm³/mol. The zero-order valence-corrected chi connectivity index (χ0v) is 15.4. The molecule has 0 bridgehead atoms. The van der Waals surface area contributed by atoms with Gasteiger partial charge in [0.1, 0.15) is 0 Å². The van der Waals surface area contributed by atoms with Gasteiger partial charge in [-0.1, -0.05) is 66.5 Å². The molecule has 3 unspecified atom stereocenters. The molecule has 1 aliphatic heterocycles. The first-order chi connectivity index (χ1) is 11.7. The van der Waals surface area contributed by atoms with Crippen LogP contribution in [0.5, 0.6) is 0 Å². The second kappa shape index (κ2) is 8.35. The van der Waals surface area contributed by atoms with Crippen molar-refractivity contribution in [1.29, 1.82) is 0 Å². The van der Waals surface area contributed by atoms with Crippen LogP contribution in [-0.4, -0.2) is 25.7 Å². The maximum Gasteiger partial charge on any atom is 0.0595 e. The molecule has 0 aliphatic carbocycles. The summed E-state index contributed by atoms with van der Waals surface area (Å²) in [6.07, 6.45) is 1.04. The van der Waals surface area contributed by atoms with E-state index in [0.29, 0.717) is 27.9 Å². The monoisotopic (exact) mass is 362 g/mol. The number of halogens is 2. The van der Waals surface area contributed by atoms with Crippen LogP contribution in [0.1, 0.15) is 24.0 Å². The van der Waals surface area contributed by atoms with E-state index in [1.807, 2.05) is 12.1 Å². The average molecular weight is 363 g/mol. The van der Waals surface area contributed by atoms with E-state index in [2.05, 4.69) is 54.0 Å². The SMILES string of the molecule is CCNC(Cc1ccccc1)C1CNCC1c1ccc(Cl)c(Cl)c1. The number of rotatable bonds is 6. The Morgan fingerprint density at radius 1 is 1.08 bits per heavy atom. The third-order valence-electron chi connectivity index (χ3n) is 4.91. The lowest BCUT2D eigenvalue weighted by Crippen LogP contribution is -2.41. The molecule has 0 radical (unpaired) electrons. The lowest BCUT2D eigenvalue weighted by atomic mass is 9.81. The van der Waals surface area contributed by atoms with Gasteiger partial charge in [0.05, 0.1) is 10.0 Å². The molecule has 2 nitrogen and oxygen atoms in total. The van der Waals surface area contributed by atoms with E-state index in [1.54, 1.807) is 0 Å². The van der Waals surface area contributed by atoms with E-state index >= 15 is 0 Å². The first-order valence-electron chi connectivity index (χ1n) is 8.62. The van der Waals surface area contributed by atoms with Gasteiger partial charge in [0.25, 0.3) is 0 Å². The highest BCUT2D eigenvalue weighted by atomic mass is 35.5. The minimum Gasteiger partial charge on any atom is -0.316 e. The minimum absolute atomic E-state index is 0.437. The van der Waals surface area contributed by atoms with E-state index < -0.39 is 0 Å². The Morgan fingerprint density at radius 2 is 1.88 bits per heavy atom. The summed E-state index contributed by atoms with van der Waals surface area (Å²) < 4.78 is 0. The summed E-state index contributed by atoms with van der Waals surface area (Å²) in [4.78, 5) is 0. The van der Waals surface area contributed by atoms with E-state index in [4.69, 9.17) is 23.2 Å². The van der Waals surface area contributed by atoms with Gasteiger partial charge in [0, 0.05) is 25.0 Å². The summed E-state index contributed by atoms with van der Waals surface area (Å²) in [6, 6.07) is 17.2. The summed E-state index contributed by atoms with van der Waals surface area (Å²) in [6.45, 7) is 5.16. The van der Waals surface area contributed by atoms with Crippen LogP contribution in [0.3, 0.4) is 0 Å². The Bertz CT molecular complexity index is 660. The van der Waals surface area contributed by atoms with Crippen LogP contribution >= 0.6 is 23.2 Å². The van der Waals surface area contributed by atoms with Gasteiger partial charge in [-0.05, 0) is 42.1 Å². The summed E-state index contributed by atoms with van der Waals surface area (Å²) >= 11 is 12.3. The molecule has 4 heteroatoms. The normalized spacial score (nSPS) is 21.8. The highest BCUT2D eigenvalue weighted by molar-refractivity contribution is 6.42. The van der Waals surface area contributed by atoms with Crippen molar-refractivity contribution in [3.63, 3.8) is 0 Å². The number of likely N-dealkylation sites (N-methyl/N-ethyl adjacent to an activating group) is 1. The standard InChI is InChI=1S/C20H24Cl2N2/c1-2-24-20(10-14-6-4-3-5-7-14)17-13-23-12-16(17)15-8-9-18(21)19(22)11-15/h3-9,11,16-17,20,23-24H,2,10,12-13H2,1H3. The molecule has 1 saturated heterocycles. The molecule has 1 aliphatic rings. The molecule has 0 spiro atoms. The molecule has 0 saturated carbocycles. The summed E-state index contributed by atoms with van der Waals surface area (Å²) in [5.74, 6) is 0.981. The predicted octanol–water partition coefficient (Wildman–Crippen LogP) is 4.52. The van der Waals surface area contributed by atoms with Crippen molar-refractivity contribution in [3.05, 3.63) is 69.7 Å². The number of hydrogen-bond donors (Lipinski definition) is 2. The zero-order valence-electron chi connectivity index (χ0n) is 13.9. The van der Waals surface area contributed by atoms with Crippen molar-refractivity contribution in [2.75, 3.05) is 19.6 Å². The fourth-order valence-electron chi connectivity index (χ4n) is 3.74. The number of benzene rings is 2. The molecule has 1 fully saturated rings. The van der Waals surface area contributed by atoms with Gasteiger partial charge in [-0.2, -0.15) is 0 Å². The zero-order chi connectivity index (χ0) is 16.9. The third-order valence-corrected chi connectivity index (χ3v) is 5.65. The molecule has 2 aromatic carbocycles. The molecule has 128 valence electrons. The van der Waals surface area contributed by atoms with Crippen molar-refractivity contribution in [1.82, 2.24) is 10.6 Å². The Hall–Kier alpha value is -1.06. The topological polar surface area (TPSA) is 24.1 Å². The van der Waals surface area contributed by atoms with E-state index in [9.17, 15) is 0 Å². The van der Waals surface area contributed by atoms with Crippen LogP contribution in [0.15, 0.2) is 48.5 Å². The summed E-state index contributed by atoms with van der Waals surface area (Å²) in [7, 11) is 0. The van der Waals surface area contributed by atoms with Crippen LogP contribution in [0.2, 0.25) is 10.0 Å². The van der Waals surface area contributed by atoms with Gasteiger partial charge in [-0.25, -0.2) is 0 Å². The molecule has 0 aromatic heterocycles. The van der Waals surface area contributed by atoms with E-state index in [1.165, 1.54) is 11.1 Å². The van der Waals surface area contributed by atoms with Gasteiger partial charge in [-0.3, -0.25) is 0 Å². The molecular weight excluding hydrogens is 339 g/mol. The van der Waals surface area contributed by atoms with Gasteiger partial charge >= 0.3 is 0 Å². The second-order valence-corrected chi connectivity index (χ2v) is 7.27. The average Bonchev–Trinajstić information content (AvgIpc) is 3.07. The Morgan fingerprint density at radius 3 is 2.58 bits per heavy atom. The molecule has 2 aromatic rings. The third kappa shape index (κ3) is 4.12. The van der Waals surface area contributed by atoms with Crippen LogP contribution in [0, 0.1) is 5.92 Å². The van der Waals surface area contributed by atoms with Gasteiger partial charge in [0.15, 0.2) is 0 Å². The molecule has 2 N–H and O–H groups in total. The fourth-order valence-corrected chi connectivity index (χ4v) is 4.04. The number of hydrogen-bond acceptors (Lipinski definition) is 2. The quantitative estimate of drug-likeness (QED) is 0.789. The first kappa shape index (κ1) is 17.8. The van der Waals surface area contributed by atoms with E-state index in [-0.39, 0.29) is 0 Å². The molecule has 24 heavy (non-hydrogen) atoms. The second-order valence-electron chi connectivity index (χ2n) is 6.46. The van der Waals surface area contributed by atoms with Crippen molar-refractivity contribution in [3.8, 4) is 0 Å². The molecule has 3 rings (SSSR count). The smallest absolute Gasteiger partial charge is 0.0595 e. The number of nitrogens with one attached hydrogen (secondary N) is 2. The molecule has 0 amide bonds.